The molecule has 0 spiro atoms. The first kappa shape index (κ1) is 9.86. The van der Waals surface area contributed by atoms with Crippen molar-refractivity contribution < 1.29 is 1.43 Å². The second-order valence-electron chi connectivity index (χ2n) is 2.48. The van der Waals surface area contributed by atoms with E-state index in [4.69, 9.17) is 0 Å². The number of hydrogen-bond donors (Lipinski definition) is 0. The third-order valence-electron chi connectivity index (χ3n) is 1.46. The Hall–Kier alpha value is -2.22. The van der Waals surface area contributed by atoms with Crippen molar-refractivity contribution >= 4 is 0 Å². The summed E-state index contributed by atoms with van der Waals surface area (Å²) in [6, 6.07) is 2.89. The van der Waals surface area contributed by atoms with E-state index in [1.807, 2.05) is 11.1 Å². The van der Waals surface area contributed by atoms with Gasteiger partial charge in [-0.05, 0) is 31.1 Å². The zero-order valence-electron chi connectivity index (χ0n) is 8.02. The van der Waals surface area contributed by atoms with E-state index in [9.17, 15) is 0 Å². The van der Waals surface area contributed by atoms with Gasteiger partial charge < -0.3 is 4.90 Å². The Labute approximate surface area is 86.7 Å². The van der Waals surface area contributed by atoms with Gasteiger partial charge in [-0.25, -0.2) is 0 Å². The van der Waals surface area contributed by atoms with E-state index in [2.05, 4.69) is 53.6 Å². The predicted molar refractivity (Wildman–Crippen MR) is 59.4 cm³/mol. The normalized spacial score (nSPS) is 10.8. The molecule has 1 nitrogen and oxygen atoms in total. The van der Waals surface area contributed by atoms with E-state index in [0.717, 1.165) is 13.0 Å². The summed E-state index contributed by atoms with van der Waals surface area (Å²) in [7, 11) is 0. The molecule has 0 aromatic rings. The van der Waals surface area contributed by atoms with E-state index in [1.165, 1.54) is 0 Å². The largest absolute Gasteiger partial charge is 0.308 e. The van der Waals surface area contributed by atoms with Crippen molar-refractivity contribution in [1.82, 2.24) is 4.90 Å². The van der Waals surface area contributed by atoms with Crippen LogP contribution < -0.4 is 0 Å². The molecule has 0 unspecified atom stereocenters. The van der Waals surface area contributed by atoms with E-state index >= 15 is 0 Å². The van der Waals surface area contributed by atoms with Crippen molar-refractivity contribution in [2.45, 2.75) is 13.3 Å². The van der Waals surface area contributed by atoms with Crippen LogP contribution in [0.3, 0.4) is 0 Å². The standard InChI is InChI=1S/C13H9N.H2/c1-2-3-4-5-6-7-8-11-14-12-9-10-13-14;/h9,12H,10,13H2,1H3;1H. The molecule has 0 amide bonds. The Bertz CT molecular complexity index is 458. The van der Waals surface area contributed by atoms with E-state index in [1.54, 1.807) is 6.92 Å². The zero-order chi connectivity index (χ0) is 10.1. The van der Waals surface area contributed by atoms with Crippen LogP contribution in [0.1, 0.15) is 14.8 Å². The smallest absolute Gasteiger partial charge is 0.0344 e. The van der Waals surface area contributed by atoms with Crippen molar-refractivity contribution in [3.05, 3.63) is 12.3 Å². The lowest BCUT2D eigenvalue weighted by molar-refractivity contribution is 0.579. The molecule has 0 aliphatic carbocycles. The molecule has 1 aliphatic rings. The first-order valence-electron chi connectivity index (χ1n) is 4.29. The molecule has 0 bridgehead atoms. The summed E-state index contributed by atoms with van der Waals surface area (Å²) in [5.74, 6) is 18.4. The molecule has 68 valence electrons. The molecule has 0 saturated heterocycles. The van der Waals surface area contributed by atoms with Crippen LogP contribution in [-0.2, 0) is 0 Å². The van der Waals surface area contributed by atoms with Crippen LogP contribution >= 0.6 is 0 Å². The van der Waals surface area contributed by atoms with Gasteiger partial charge in [-0.3, -0.25) is 0 Å². The number of rotatable bonds is 0. The summed E-state index contributed by atoms with van der Waals surface area (Å²) in [5.41, 5.74) is 0. The predicted octanol–water partition coefficient (Wildman–Crippen LogP) is 1.44. The van der Waals surface area contributed by atoms with Crippen LogP contribution in [0.5, 0.6) is 0 Å². The fourth-order valence-corrected chi connectivity index (χ4v) is 0.870. The quantitative estimate of drug-likeness (QED) is 0.511. The van der Waals surface area contributed by atoms with Crippen molar-refractivity contribution in [3.8, 4) is 47.5 Å². The molecule has 1 heterocycles. The molecule has 0 aromatic carbocycles. The number of nitrogens with zero attached hydrogens (tertiary/aromatic N) is 1. The monoisotopic (exact) mass is 181 g/mol. The highest BCUT2D eigenvalue weighted by Crippen LogP contribution is 2.00. The summed E-state index contributed by atoms with van der Waals surface area (Å²) in [4.78, 5) is 1.91. The average Bonchev–Trinajstić information content (AvgIpc) is 2.69. The van der Waals surface area contributed by atoms with Gasteiger partial charge in [0.25, 0.3) is 0 Å². The average molecular weight is 181 g/mol. The van der Waals surface area contributed by atoms with Gasteiger partial charge in [0, 0.05) is 38.0 Å². The molecule has 0 radical (unpaired) electrons. The van der Waals surface area contributed by atoms with Crippen molar-refractivity contribution in [3.63, 3.8) is 0 Å². The molecular weight excluding hydrogens is 170 g/mol. The Morgan fingerprint density at radius 2 is 1.79 bits per heavy atom. The van der Waals surface area contributed by atoms with Gasteiger partial charge in [-0.1, -0.05) is 12.0 Å². The van der Waals surface area contributed by atoms with Crippen LogP contribution in [0.25, 0.3) is 0 Å². The Kier molecular flexibility index (Phi) is 4.45. The molecular formula is C13H11N. The first-order chi connectivity index (χ1) is 6.93. The topological polar surface area (TPSA) is 3.24 Å². The summed E-state index contributed by atoms with van der Waals surface area (Å²) in [5, 5.41) is 0. The lowest BCUT2D eigenvalue weighted by Gasteiger charge is -2.01. The zero-order valence-corrected chi connectivity index (χ0v) is 8.02. The fraction of sp³-hybridized carbons (Fsp3) is 0.231. The van der Waals surface area contributed by atoms with Gasteiger partial charge >= 0.3 is 0 Å². The maximum Gasteiger partial charge on any atom is 0.0344 e. The van der Waals surface area contributed by atoms with Crippen LogP contribution in [0.2, 0.25) is 0 Å². The molecule has 14 heavy (non-hydrogen) atoms. The Morgan fingerprint density at radius 1 is 1.07 bits per heavy atom. The lowest BCUT2D eigenvalue weighted by Crippen LogP contribution is -2.04. The summed E-state index contributed by atoms with van der Waals surface area (Å²) >= 11 is 0. The minimum atomic E-state index is 0. The fourth-order valence-electron chi connectivity index (χ4n) is 0.870. The summed E-state index contributed by atoms with van der Waals surface area (Å²) in [6.45, 7) is 2.70. The molecule has 1 aliphatic heterocycles. The molecule has 0 N–H and O–H groups in total. The summed E-state index contributed by atoms with van der Waals surface area (Å²) < 4.78 is 0. The van der Waals surface area contributed by atoms with E-state index < -0.39 is 0 Å². The van der Waals surface area contributed by atoms with Crippen molar-refractivity contribution in [1.29, 1.82) is 0 Å². The van der Waals surface area contributed by atoms with Gasteiger partial charge in [0.2, 0.25) is 0 Å². The van der Waals surface area contributed by atoms with Crippen LogP contribution in [0, 0.1) is 47.5 Å². The highest BCUT2D eigenvalue weighted by atomic mass is 15.1. The molecule has 0 aromatic heterocycles. The lowest BCUT2D eigenvalue weighted by atomic mass is 10.5. The van der Waals surface area contributed by atoms with Crippen LogP contribution in [-0.4, -0.2) is 11.4 Å². The minimum Gasteiger partial charge on any atom is -0.308 e. The van der Waals surface area contributed by atoms with Crippen molar-refractivity contribution in [2.75, 3.05) is 6.54 Å². The van der Waals surface area contributed by atoms with Gasteiger partial charge in [0.05, 0.1) is 0 Å². The van der Waals surface area contributed by atoms with Crippen LogP contribution in [0.4, 0.5) is 0 Å². The van der Waals surface area contributed by atoms with Crippen LogP contribution in [0.15, 0.2) is 12.3 Å². The maximum absolute atomic E-state index is 2.89. The first-order valence-corrected chi connectivity index (χ1v) is 4.29. The Morgan fingerprint density at radius 3 is 2.43 bits per heavy atom. The second-order valence-corrected chi connectivity index (χ2v) is 2.48. The SMILES string of the molecule is CC#CC#CC#CC#CN1C=CCC1.[HH]. The molecule has 0 fully saturated rings. The van der Waals surface area contributed by atoms with Gasteiger partial charge in [0.1, 0.15) is 0 Å². The van der Waals surface area contributed by atoms with Gasteiger partial charge in [-0.2, -0.15) is 0 Å². The third-order valence-corrected chi connectivity index (χ3v) is 1.46. The summed E-state index contributed by atoms with van der Waals surface area (Å²) in [6.07, 6.45) is 5.11. The second kappa shape index (κ2) is 6.31. The molecule has 0 atom stereocenters. The van der Waals surface area contributed by atoms with Crippen molar-refractivity contribution in [2.24, 2.45) is 0 Å². The molecule has 1 heteroatoms. The molecule has 1 rings (SSSR count). The van der Waals surface area contributed by atoms with E-state index in [0.29, 0.717) is 0 Å². The number of hydrogen-bond acceptors (Lipinski definition) is 1. The molecule has 0 saturated carbocycles. The Balaban J connectivity index is 0.00000196. The van der Waals surface area contributed by atoms with E-state index in [-0.39, 0.29) is 1.43 Å². The van der Waals surface area contributed by atoms with Gasteiger partial charge in [0.15, 0.2) is 0 Å². The highest BCUT2D eigenvalue weighted by molar-refractivity contribution is 5.39. The third kappa shape index (κ3) is 3.97. The van der Waals surface area contributed by atoms with Gasteiger partial charge in [-0.15, -0.1) is 0 Å². The highest BCUT2D eigenvalue weighted by Gasteiger charge is 1.97. The minimum absolute atomic E-state index is 0. The maximum atomic E-state index is 2.89.